The SMILES string of the molecule is CCCCNC(=O)C1CCN(CCC(=O)Nc2ccc(Br)cc2)CC1. The Labute approximate surface area is 158 Å². The molecule has 0 unspecified atom stereocenters. The Balaban J connectivity index is 1.63. The molecule has 1 heterocycles. The summed E-state index contributed by atoms with van der Waals surface area (Å²) in [5.41, 5.74) is 0.815. The average Bonchev–Trinajstić information content (AvgIpc) is 2.62. The molecule has 0 aliphatic carbocycles. The zero-order valence-electron chi connectivity index (χ0n) is 14.9. The van der Waals surface area contributed by atoms with Gasteiger partial charge in [0.15, 0.2) is 0 Å². The minimum Gasteiger partial charge on any atom is -0.356 e. The van der Waals surface area contributed by atoms with Gasteiger partial charge >= 0.3 is 0 Å². The predicted molar refractivity (Wildman–Crippen MR) is 104 cm³/mol. The van der Waals surface area contributed by atoms with Crippen LogP contribution in [0.3, 0.4) is 0 Å². The fourth-order valence-corrected chi connectivity index (χ4v) is 3.23. The van der Waals surface area contributed by atoms with Gasteiger partial charge < -0.3 is 15.5 Å². The number of likely N-dealkylation sites (tertiary alicyclic amines) is 1. The normalized spacial score (nSPS) is 15.8. The van der Waals surface area contributed by atoms with Gasteiger partial charge in [0.05, 0.1) is 0 Å². The number of anilines is 1. The van der Waals surface area contributed by atoms with Crippen LogP contribution in [0, 0.1) is 5.92 Å². The molecule has 2 N–H and O–H groups in total. The first-order valence-electron chi connectivity index (χ1n) is 9.14. The molecule has 1 aliphatic rings. The third-order valence-corrected chi connectivity index (χ3v) is 5.10. The van der Waals surface area contributed by atoms with E-state index in [1.54, 1.807) is 0 Å². The van der Waals surface area contributed by atoms with E-state index in [1.807, 2.05) is 24.3 Å². The summed E-state index contributed by atoms with van der Waals surface area (Å²) in [7, 11) is 0. The van der Waals surface area contributed by atoms with Crippen molar-refractivity contribution < 1.29 is 9.59 Å². The highest BCUT2D eigenvalue weighted by molar-refractivity contribution is 9.10. The van der Waals surface area contributed by atoms with Crippen LogP contribution in [-0.2, 0) is 9.59 Å². The molecular formula is C19H28BrN3O2. The van der Waals surface area contributed by atoms with Crippen LogP contribution in [0.25, 0.3) is 0 Å². The van der Waals surface area contributed by atoms with E-state index in [1.165, 1.54) is 0 Å². The second-order valence-electron chi connectivity index (χ2n) is 6.57. The van der Waals surface area contributed by atoms with E-state index in [-0.39, 0.29) is 17.7 Å². The smallest absolute Gasteiger partial charge is 0.225 e. The third-order valence-electron chi connectivity index (χ3n) is 4.57. The molecule has 1 fully saturated rings. The van der Waals surface area contributed by atoms with Gasteiger partial charge in [-0.15, -0.1) is 0 Å². The number of nitrogens with one attached hydrogen (secondary N) is 2. The van der Waals surface area contributed by atoms with Crippen LogP contribution in [0.4, 0.5) is 5.69 Å². The molecule has 0 saturated carbocycles. The Morgan fingerprint density at radius 1 is 1.20 bits per heavy atom. The van der Waals surface area contributed by atoms with E-state index >= 15 is 0 Å². The number of nitrogens with zero attached hydrogens (tertiary/aromatic N) is 1. The maximum Gasteiger partial charge on any atom is 0.225 e. The van der Waals surface area contributed by atoms with Crippen molar-refractivity contribution in [1.29, 1.82) is 0 Å². The maximum atomic E-state index is 12.1. The summed E-state index contributed by atoms with van der Waals surface area (Å²) in [6, 6.07) is 7.58. The fourth-order valence-electron chi connectivity index (χ4n) is 2.97. The molecule has 0 radical (unpaired) electrons. The van der Waals surface area contributed by atoms with Crippen LogP contribution >= 0.6 is 15.9 Å². The van der Waals surface area contributed by atoms with Crippen LogP contribution in [0.2, 0.25) is 0 Å². The quantitative estimate of drug-likeness (QED) is 0.646. The predicted octanol–water partition coefficient (Wildman–Crippen LogP) is 3.41. The lowest BCUT2D eigenvalue weighted by atomic mass is 9.95. The minimum absolute atomic E-state index is 0.0294. The maximum absolute atomic E-state index is 12.1. The zero-order valence-corrected chi connectivity index (χ0v) is 16.5. The Morgan fingerprint density at radius 3 is 2.52 bits per heavy atom. The summed E-state index contributed by atoms with van der Waals surface area (Å²) in [6.45, 7) is 5.42. The molecular weight excluding hydrogens is 382 g/mol. The second-order valence-corrected chi connectivity index (χ2v) is 7.48. The van der Waals surface area contributed by atoms with Crippen molar-refractivity contribution >= 4 is 33.4 Å². The highest BCUT2D eigenvalue weighted by Gasteiger charge is 2.24. The molecule has 0 bridgehead atoms. The van der Waals surface area contributed by atoms with Gasteiger partial charge in [0, 0.05) is 35.6 Å². The van der Waals surface area contributed by atoms with Crippen LogP contribution in [-0.4, -0.2) is 42.9 Å². The first-order valence-corrected chi connectivity index (χ1v) is 9.93. The van der Waals surface area contributed by atoms with Crippen LogP contribution in [0.1, 0.15) is 39.0 Å². The van der Waals surface area contributed by atoms with E-state index < -0.39 is 0 Å². The monoisotopic (exact) mass is 409 g/mol. The zero-order chi connectivity index (χ0) is 18.1. The molecule has 1 aromatic carbocycles. The number of carbonyl (C=O) groups is 2. The summed E-state index contributed by atoms with van der Waals surface area (Å²) >= 11 is 3.38. The summed E-state index contributed by atoms with van der Waals surface area (Å²) in [5.74, 6) is 0.354. The lowest BCUT2D eigenvalue weighted by molar-refractivity contribution is -0.126. The van der Waals surface area contributed by atoms with Gasteiger partial charge in [0.2, 0.25) is 11.8 Å². The van der Waals surface area contributed by atoms with Crippen molar-refractivity contribution in [2.45, 2.75) is 39.0 Å². The number of piperidine rings is 1. The molecule has 5 nitrogen and oxygen atoms in total. The van der Waals surface area contributed by atoms with Gasteiger partial charge in [-0.25, -0.2) is 0 Å². The Kier molecular flexibility index (Phi) is 8.41. The Bertz CT molecular complexity index is 554. The molecule has 0 aromatic heterocycles. The first-order chi connectivity index (χ1) is 12.1. The van der Waals surface area contributed by atoms with E-state index in [9.17, 15) is 9.59 Å². The number of hydrogen-bond acceptors (Lipinski definition) is 3. The van der Waals surface area contributed by atoms with E-state index in [0.717, 1.165) is 62.0 Å². The second kappa shape index (κ2) is 10.6. The van der Waals surface area contributed by atoms with Gasteiger partial charge in [-0.2, -0.15) is 0 Å². The van der Waals surface area contributed by atoms with Gasteiger partial charge in [-0.05, 0) is 56.6 Å². The van der Waals surface area contributed by atoms with E-state index in [2.05, 4.69) is 38.4 Å². The van der Waals surface area contributed by atoms with Gasteiger partial charge in [-0.1, -0.05) is 29.3 Å². The third kappa shape index (κ3) is 7.16. The van der Waals surface area contributed by atoms with Crippen molar-refractivity contribution in [3.63, 3.8) is 0 Å². The number of carbonyl (C=O) groups excluding carboxylic acids is 2. The number of benzene rings is 1. The average molecular weight is 410 g/mol. The summed E-state index contributed by atoms with van der Waals surface area (Å²) in [6.07, 6.45) is 4.38. The van der Waals surface area contributed by atoms with Crippen molar-refractivity contribution in [3.05, 3.63) is 28.7 Å². The topological polar surface area (TPSA) is 61.4 Å². The number of amides is 2. The summed E-state index contributed by atoms with van der Waals surface area (Å²) in [4.78, 5) is 26.4. The molecule has 6 heteroatoms. The molecule has 1 aliphatic heterocycles. The van der Waals surface area contributed by atoms with Gasteiger partial charge in [-0.3, -0.25) is 9.59 Å². The van der Waals surface area contributed by atoms with Crippen LogP contribution in [0.15, 0.2) is 28.7 Å². The molecule has 25 heavy (non-hydrogen) atoms. The van der Waals surface area contributed by atoms with Gasteiger partial charge in [0.1, 0.15) is 0 Å². The number of hydrogen-bond donors (Lipinski definition) is 2. The molecule has 1 aromatic rings. The van der Waals surface area contributed by atoms with Gasteiger partial charge in [0.25, 0.3) is 0 Å². The fraction of sp³-hybridized carbons (Fsp3) is 0.579. The van der Waals surface area contributed by atoms with Crippen molar-refractivity contribution in [1.82, 2.24) is 10.2 Å². The van der Waals surface area contributed by atoms with Crippen molar-refractivity contribution in [2.24, 2.45) is 5.92 Å². The van der Waals surface area contributed by atoms with Crippen LogP contribution in [0.5, 0.6) is 0 Å². The lowest BCUT2D eigenvalue weighted by Gasteiger charge is -2.31. The largest absolute Gasteiger partial charge is 0.356 e. The molecule has 0 spiro atoms. The van der Waals surface area contributed by atoms with Crippen molar-refractivity contribution in [3.8, 4) is 0 Å². The summed E-state index contributed by atoms with van der Waals surface area (Å²) < 4.78 is 0.993. The molecule has 2 rings (SSSR count). The Morgan fingerprint density at radius 2 is 1.88 bits per heavy atom. The highest BCUT2D eigenvalue weighted by Crippen LogP contribution is 2.18. The Hall–Kier alpha value is -1.40. The first kappa shape index (κ1) is 19.9. The minimum atomic E-state index is 0.0294. The molecule has 1 saturated heterocycles. The molecule has 138 valence electrons. The molecule has 2 amide bonds. The van der Waals surface area contributed by atoms with E-state index in [0.29, 0.717) is 6.42 Å². The standard InChI is InChI=1S/C19H28BrN3O2/c1-2-3-11-21-19(25)15-8-12-23(13-9-15)14-10-18(24)22-17-6-4-16(20)5-7-17/h4-7,15H,2-3,8-14H2,1H3,(H,21,25)(H,22,24). The lowest BCUT2D eigenvalue weighted by Crippen LogP contribution is -2.41. The number of unbranched alkanes of at least 4 members (excludes halogenated alkanes) is 1. The highest BCUT2D eigenvalue weighted by atomic mass is 79.9. The van der Waals surface area contributed by atoms with Crippen molar-refractivity contribution in [2.75, 3.05) is 31.5 Å². The van der Waals surface area contributed by atoms with E-state index in [4.69, 9.17) is 0 Å². The van der Waals surface area contributed by atoms with Crippen LogP contribution < -0.4 is 10.6 Å². The number of rotatable bonds is 8. The summed E-state index contributed by atoms with van der Waals surface area (Å²) in [5, 5.41) is 5.94. The number of halogens is 1. The molecule has 0 atom stereocenters.